The van der Waals surface area contributed by atoms with Crippen LogP contribution in [-0.2, 0) is 17.8 Å². The molecule has 0 saturated heterocycles. The third kappa shape index (κ3) is 4.75. The lowest BCUT2D eigenvalue weighted by atomic mass is 10.2. The van der Waals surface area contributed by atoms with Crippen LogP contribution in [0.5, 0.6) is 0 Å². The molecule has 3 aromatic carbocycles. The first-order valence-corrected chi connectivity index (χ1v) is 12.8. The van der Waals surface area contributed by atoms with Crippen LogP contribution in [0.1, 0.15) is 5.56 Å². The number of hydrogen-bond donors (Lipinski definition) is 2. The molecule has 8 heteroatoms. The zero-order valence-corrected chi connectivity index (χ0v) is 20.7. The van der Waals surface area contributed by atoms with Gasteiger partial charge in [-0.1, -0.05) is 41.7 Å². The molecule has 1 aromatic heterocycles. The first kappa shape index (κ1) is 22.7. The Morgan fingerprint density at radius 2 is 1.85 bits per heavy atom. The number of rotatable bonds is 7. The summed E-state index contributed by atoms with van der Waals surface area (Å²) in [5.41, 5.74) is 5.29. The Morgan fingerprint density at radius 1 is 1.09 bits per heavy atom. The Balaban J connectivity index is 1.27. The number of thiazole rings is 1. The number of aromatic nitrogens is 1. The highest BCUT2D eigenvalue weighted by Gasteiger charge is 2.23. The van der Waals surface area contributed by atoms with E-state index in [0.717, 1.165) is 41.4 Å². The highest BCUT2D eigenvalue weighted by atomic mass is 32.1. The summed E-state index contributed by atoms with van der Waals surface area (Å²) in [5.74, 6) is 0.698. The summed E-state index contributed by atoms with van der Waals surface area (Å²) < 4.78 is 3.41. The molecular formula is C26H27N5OS2. The lowest BCUT2D eigenvalue weighted by Gasteiger charge is -2.29. The second-order valence-corrected chi connectivity index (χ2v) is 9.71. The Kier molecular flexibility index (Phi) is 6.71. The minimum absolute atomic E-state index is 0.0484. The molecule has 1 aliphatic heterocycles. The van der Waals surface area contributed by atoms with Crippen molar-refractivity contribution in [1.29, 1.82) is 0 Å². The molecule has 34 heavy (non-hydrogen) atoms. The number of hydrazine groups is 1. The average molecular weight is 490 g/mol. The summed E-state index contributed by atoms with van der Waals surface area (Å²) in [5, 5.41) is 7.15. The van der Waals surface area contributed by atoms with Crippen LogP contribution in [0, 0.1) is 0 Å². The summed E-state index contributed by atoms with van der Waals surface area (Å²) in [6.07, 6.45) is 1.00. The first-order valence-electron chi connectivity index (χ1n) is 11.3. The number of nitrogens with zero attached hydrogens (tertiary/aromatic N) is 4. The zero-order valence-electron chi connectivity index (χ0n) is 19.0. The van der Waals surface area contributed by atoms with Gasteiger partial charge in [0.15, 0.2) is 4.80 Å². The molecule has 1 aliphatic rings. The minimum atomic E-state index is -0.0484. The highest BCUT2D eigenvalue weighted by Crippen LogP contribution is 2.28. The number of benzene rings is 3. The second kappa shape index (κ2) is 10.0. The number of amides is 1. The number of hydrogen-bond acceptors (Lipinski definition) is 6. The third-order valence-electron chi connectivity index (χ3n) is 5.93. The number of nitrogens with one attached hydrogen (secondary N) is 1. The number of para-hydroxylation sites is 2. The monoisotopic (exact) mass is 489 g/mol. The fraction of sp³-hybridized carbons (Fsp3) is 0.231. The van der Waals surface area contributed by atoms with E-state index >= 15 is 0 Å². The molecule has 4 aromatic rings. The Bertz CT molecular complexity index is 1380. The standard InChI is InChI=1S/C26H27N5OS2/c1-29(31-15-14-19-6-2-3-7-22(19)31)18-25(32)27-20-10-12-21(13-11-20)28-26-30(16-17-33)23-8-4-5-9-24(23)34-26/h2-13,33H,14-18H2,1H3,(H,27,32). The summed E-state index contributed by atoms with van der Waals surface area (Å²) >= 11 is 6.08. The SMILES string of the molecule is CN(CC(=O)Nc1ccc(N=c2sc3ccccc3n2CCS)cc1)N1CCc2ccccc21. The van der Waals surface area contributed by atoms with E-state index in [0.29, 0.717) is 0 Å². The van der Waals surface area contributed by atoms with Crippen LogP contribution in [-0.4, -0.2) is 41.4 Å². The number of anilines is 2. The van der Waals surface area contributed by atoms with Crippen LogP contribution in [0.3, 0.4) is 0 Å². The summed E-state index contributed by atoms with van der Waals surface area (Å²) in [4.78, 5) is 18.5. The van der Waals surface area contributed by atoms with Gasteiger partial charge in [-0.25, -0.2) is 10.0 Å². The van der Waals surface area contributed by atoms with E-state index < -0.39 is 0 Å². The molecule has 0 aliphatic carbocycles. The van der Waals surface area contributed by atoms with Crippen molar-refractivity contribution in [2.75, 3.05) is 36.2 Å². The summed E-state index contributed by atoms with van der Waals surface area (Å²) in [6.45, 7) is 1.98. The lowest BCUT2D eigenvalue weighted by Crippen LogP contribution is -2.43. The largest absolute Gasteiger partial charge is 0.325 e. The van der Waals surface area contributed by atoms with Crippen LogP contribution in [0.4, 0.5) is 17.1 Å². The highest BCUT2D eigenvalue weighted by molar-refractivity contribution is 7.80. The predicted molar refractivity (Wildman–Crippen MR) is 144 cm³/mol. The molecule has 0 bridgehead atoms. The molecule has 6 nitrogen and oxygen atoms in total. The van der Waals surface area contributed by atoms with Crippen molar-refractivity contribution >= 4 is 57.2 Å². The van der Waals surface area contributed by atoms with Gasteiger partial charge in [-0.2, -0.15) is 12.6 Å². The van der Waals surface area contributed by atoms with Gasteiger partial charge in [-0.15, -0.1) is 0 Å². The van der Waals surface area contributed by atoms with Gasteiger partial charge in [0, 0.05) is 31.6 Å². The van der Waals surface area contributed by atoms with Gasteiger partial charge < -0.3 is 14.9 Å². The van der Waals surface area contributed by atoms with E-state index in [-0.39, 0.29) is 12.5 Å². The molecule has 1 N–H and O–H groups in total. The number of carbonyl (C=O) groups excluding carboxylic acids is 1. The van der Waals surface area contributed by atoms with E-state index in [1.54, 1.807) is 11.3 Å². The Labute approximate surface area is 208 Å². The number of fused-ring (bicyclic) bond motifs is 2. The van der Waals surface area contributed by atoms with Gasteiger partial charge in [0.25, 0.3) is 0 Å². The number of aryl methyl sites for hydroxylation is 1. The first-order chi connectivity index (χ1) is 16.6. The molecule has 174 valence electrons. The van der Waals surface area contributed by atoms with Crippen LogP contribution in [0.15, 0.2) is 77.8 Å². The van der Waals surface area contributed by atoms with Crippen molar-refractivity contribution in [1.82, 2.24) is 9.58 Å². The van der Waals surface area contributed by atoms with Gasteiger partial charge in [-0.3, -0.25) is 4.79 Å². The van der Waals surface area contributed by atoms with Gasteiger partial charge in [0.05, 0.1) is 28.1 Å². The van der Waals surface area contributed by atoms with E-state index in [2.05, 4.69) is 57.9 Å². The average Bonchev–Trinajstić information content (AvgIpc) is 3.42. The summed E-state index contributed by atoms with van der Waals surface area (Å²) in [7, 11) is 1.95. The number of carbonyl (C=O) groups is 1. The fourth-order valence-electron chi connectivity index (χ4n) is 4.32. The van der Waals surface area contributed by atoms with Crippen molar-refractivity contribution in [3.8, 4) is 0 Å². The quantitative estimate of drug-likeness (QED) is 0.370. The van der Waals surface area contributed by atoms with Gasteiger partial charge in [-0.05, 0) is 54.4 Å². The van der Waals surface area contributed by atoms with Gasteiger partial charge >= 0.3 is 0 Å². The van der Waals surface area contributed by atoms with E-state index in [1.807, 2.05) is 54.5 Å². The van der Waals surface area contributed by atoms with Crippen LogP contribution in [0.25, 0.3) is 10.2 Å². The predicted octanol–water partition coefficient (Wildman–Crippen LogP) is 4.71. The maximum absolute atomic E-state index is 12.7. The number of thiol groups is 1. The van der Waals surface area contributed by atoms with Crippen LogP contribution >= 0.6 is 24.0 Å². The normalized spacial score (nSPS) is 13.6. The van der Waals surface area contributed by atoms with Crippen molar-refractivity contribution in [2.45, 2.75) is 13.0 Å². The zero-order chi connectivity index (χ0) is 23.5. The smallest absolute Gasteiger partial charge is 0.240 e. The van der Waals surface area contributed by atoms with Crippen molar-refractivity contribution < 1.29 is 4.79 Å². The van der Waals surface area contributed by atoms with Crippen molar-refractivity contribution in [3.05, 3.63) is 83.2 Å². The molecule has 0 fully saturated rings. The lowest BCUT2D eigenvalue weighted by molar-refractivity contribution is -0.117. The van der Waals surface area contributed by atoms with Crippen LogP contribution in [0.2, 0.25) is 0 Å². The maximum Gasteiger partial charge on any atom is 0.240 e. The molecule has 2 heterocycles. The van der Waals surface area contributed by atoms with Gasteiger partial charge in [0.1, 0.15) is 0 Å². The molecule has 0 saturated carbocycles. The molecule has 1 amide bonds. The number of likely N-dealkylation sites (N-methyl/N-ethyl adjacent to an activating group) is 1. The summed E-state index contributed by atoms with van der Waals surface area (Å²) in [6, 6.07) is 24.4. The van der Waals surface area contributed by atoms with E-state index in [4.69, 9.17) is 4.99 Å². The van der Waals surface area contributed by atoms with Crippen molar-refractivity contribution in [2.24, 2.45) is 4.99 Å². The molecule has 0 atom stereocenters. The maximum atomic E-state index is 12.7. The molecule has 0 radical (unpaired) electrons. The Morgan fingerprint density at radius 3 is 2.68 bits per heavy atom. The van der Waals surface area contributed by atoms with Crippen LogP contribution < -0.4 is 15.1 Å². The van der Waals surface area contributed by atoms with Gasteiger partial charge in [0.2, 0.25) is 5.91 Å². The minimum Gasteiger partial charge on any atom is -0.325 e. The second-order valence-electron chi connectivity index (χ2n) is 8.25. The van der Waals surface area contributed by atoms with E-state index in [9.17, 15) is 4.79 Å². The van der Waals surface area contributed by atoms with E-state index in [1.165, 1.54) is 21.5 Å². The van der Waals surface area contributed by atoms with Crippen molar-refractivity contribution in [3.63, 3.8) is 0 Å². The fourth-order valence-corrected chi connectivity index (χ4v) is 5.60. The Hall–Kier alpha value is -3.07. The molecular weight excluding hydrogens is 462 g/mol. The molecule has 0 unspecified atom stereocenters. The third-order valence-corrected chi connectivity index (χ3v) is 7.19. The molecule has 0 spiro atoms. The molecule has 5 rings (SSSR count). The topological polar surface area (TPSA) is 52.9 Å².